The fourth-order valence-corrected chi connectivity index (χ4v) is 3.52. The van der Waals surface area contributed by atoms with Gasteiger partial charge in [0.2, 0.25) is 0 Å². The Bertz CT molecular complexity index is 661. The molecule has 3 rings (SSSR count). The van der Waals surface area contributed by atoms with Crippen molar-refractivity contribution in [3.8, 4) is 5.75 Å². The van der Waals surface area contributed by atoms with Crippen LogP contribution in [-0.2, 0) is 11.3 Å². The number of hydrogen-bond donors (Lipinski definition) is 3. The minimum atomic E-state index is -0.543. The fourth-order valence-electron chi connectivity index (χ4n) is 3.52. The van der Waals surface area contributed by atoms with Gasteiger partial charge in [-0.25, -0.2) is 4.99 Å². The molecule has 1 unspecified atom stereocenters. The number of aliphatic hydroxyl groups is 1. The van der Waals surface area contributed by atoms with Gasteiger partial charge in [-0.15, -0.1) is 24.0 Å². The maximum atomic E-state index is 10.1. The highest BCUT2D eigenvalue weighted by Crippen LogP contribution is 2.29. The van der Waals surface area contributed by atoms with E-state index in [2.05, 4.69) is 35.8 Å². The quantitative estimate of drug-likeness (QED) is 0.230. The number of aliphatic imine (C=N–C) groups is 1. The van der Waals surface area contributed by atoms with Crippen molar-refractivity contribution in [2.24, 2.45) is 10.9 Å². The number of nitrogens with zero attached hydrogens (tertiary/aromatic N) is 1. The van der Waals surface area contributed by atoms with Crippen molar-refractivity contribution in [1.82, 2.24) is 10.6 Å². The van der Waals surface area contributed by atoms with Crippen LogP contribution in [0.2, 0.25) is 0 Å². The Morgan fingerprint density at radius 2 is 1.97 bits per heavy atom. The number of rotatable bonds is 11. The summed E-state index contributed by atoms with van der Waals surface area (Å²) in [5, 5.41) is 16.6. The van der Waals surface area contributed by atoms with Gasteiger partial charge >= 0.3 is 0 Å². The second-order valence-electron chi connectivity index (χ2n) is 8.35. The van der Waals surface area contributed by atoms with Crippen LogP contribution in [0.25, 0.3) is 0 Å². The third-order valence-corrected chi connectivity index (χ3v) is 5.44. The summed E-state index contributed by atoms with van der Waals surface area (Å²) in [5.41, 5.74) is 2.29. The van der Waals surface area contributed by atoms with E-state index < -0.39 is 6.10 Å². The molecular formula is C23H38IN3O3. The van der Waals surface area contributed by atoms with Gasteiger partial charge in [0, 0.05) is 25.3 Å². The molecule has 1 aromatic carbocycles. The summed E-state index contributed by atoms with van der Waals surface area (Å²) in [4.78, 5) is 4.70. The lowest BCUT2D eigenvalue weighted by Gasteiger charge is -2.18. The summed E-state index contributed by atoms with van der Waals surface area (Å²) in [6.07, 6.45) is 7.10. The van der Waals surface area contributed by atoms with Gasteiger partial charge in [-0.1, -0.05) is 12.1 Å². The molecule has 0 aliphatic heterocycles. The SMILES string of the molecule is CCNC(=NCc1ccc(C)cc1OC1CCCC1)NCC(O)COCC1CC1.I. The van der Waals surface area contributed by atoms with Crippen LogP contribution in [0.5, 0.6) is 5.75 Å². The molecule has 170 valence electrons. The molecule has 7 heteroatoms. The Morgan fingerprint density at radius 3 is 2.67 bits per heavy atom. The van der Waals surface area contributed by atoms with Gasteiger partial charge in [-0.3, -0.25) is 0 Å². The first-order valence-electron chi connectivity index (χ1n) is 11.2. The number of ether oxygens (including phenoxy) is 2. The monoisotopic (exact) mass is 531 g/mol. The molecule has 0 aromatic heterocycles. The molecule has 6 nitrogen and oxygen atoms in total. The van der Waals surface area contributed by atoms with Crippen LogP contribution in [0, 0.1) is 12.8 Å². The molecule has 0 bridgehead atoms. The van der Waals surface area contributed by atoms with Crippen LogP contribution in [0.15, 0.2) is 23.2 Å². The van der Waals surface area contributed by atoms with Crippen LogP contribution in [0.3, 0.4) is 0 Å². The van der Waals surface area contributed by atoms with Crippen molar-refractivity contribution >= 4 is 29.9 Å². The van der Waals surface area contributed by atoms with E-state index in [0.29, 0.717) is 37.7 Å². The Hall–Kier alpha value is -1.06. The Labute approximate surface area is 198 Å². The minimum Gasteiger partial charge on any atom is -0.490 e. The lowest BCUT2D eigenvalue weighted by Crippen LogP contribution is -2.42. The normalized spacial score (nSPS) is 18.0. The number of aliphatic hydroxyl groups excluding tert-OH is 1. The standard InChI is InChI=1S/C23H37N3O3.HI/c1-3-24-23(26-14-20(27)16-28-15-18-9-10-18)25-13-19-11-8-17(2)12-22(19)29-21-6-4-5-7-21;/h8,11-12,18,20-21,27H,3-7,9-10,13-16H2,1-2H3,(H2,24,25,26);1H. The van der Waals surface area contributed by atoms with Crippen LogP contribution < -0.4 is 15.4 Å². The number of guanidine groups is 1. The fraction of sp³-hybridized carbons (Fsp3) is 0.696. The van der Waals surface area contributed by atoms with E-state index in [-0.39, 0.29) is 24.0 Å². The van der Waals surface area contributed by atoms with Gasteiger partial charge < -0.3 is 25.2 Å². The van der Waals surface area contributed by atoms with Gasteiger partial charge in [0.25, 0.3) is 0 Å². The summed E-state index contributed by atoms with van der Waals surface area (Å²) >= 11 is 0. The molecular weight excluding hydrogens is 493 g/mol. The van der Waals surface area contributed by atoms with Crippen molar-refractivity contribution in [2.45, 2.75) is 71.1 Å². The summed E-state index contributed by atoms with van der Waals surface area (Å²) in [6.45, 7) is 6.96. The molecule has 3 N–H and O–H groups in total. The van der Waals surface area contributed by atoms with Crippen molar-refractivity contribution in [2.75, 3.05) is 26.3 Å². The smallest absolute Gasteiger partial charge is 0.191 e. The Kier molecular flexibility index (Phi) is 11.2. The van der Waals surface area contributed by atoms with Crippen molar-refractivity contribution in [3.05, 3.63) is 29.3 Å². The van der Waals surface area contributed by atoms with E-state index in [4.69, 9.17) is 14.5 Å². The number of aryl methyl sites for hydroxylation is 1. The largest absolute Gasteiger partial charge is 0.490 e. The van der Waals surface area contributed by atoms with Crippen LogP contribution in [0.1, 0.15) is 56.6 Å². The average molecular weight is 531 g/mol. The van der Waals surface area contributed by atoms with Crippen molar-refractivity contribution < 1.29 is 14.6 Å². The van der Waals surface area contributed by atoms with Gasteiger partial charge in [0.05, 0.1) is 25.4 Å². The van der Waals surface area contributed by atoms with E-state index in [1.54, 1.807) is 0 Å². The molecule has 2 saturated carbocycles. The highest BCUT2D eigenvalue weighted by atomic mass is 127. The summed E-state index contributed by atoms with van der Waals surface area (Å²) in [5.74, 6) is 2.36. The van der Waals surface area contributed by atoms with Crippen LogP contribution in [-0.4, -0.2) is 49.6 Å². The number of nitrogens with one attached hydrogen (secondary N) is 2. The zero-order valence-electron chi connectivity index (χ0n) is 18.4. The highest BCUT2D eigenvalue weighted by Gasteiger charge is 2.21. The van der Waals surface area contributed by atoms with Crippen molar-refractivity contribution in [3.63, 3.8) is 0 Å². The zero-order valence-corrected chi connectivity index (χ0v) is 20.7. The molecule has 30 heavy (non-hydrogen) atoms. The van der Waals surface area contributed by atoms with Crippen molar-refractivity contribution in [1.29, 1.82) is 0 Å². The van der Waals surface area contributed by atoms with Gasteiger partial charge in [-0.2, -0.15) is 0 Å². The molecule has 1 aromatic rings. The second-order valence-corrected chi connectivity index (χ2v) is 8.35. The number of halogens is 1. The first-order chi connectivity index (χ1) is 14.1. The van der Waals surface area contributed by atoms with E-state index in [1.807, 2.05) is 6.92 Å². The molecule has 0 radical (unpaired) electrons. The molecule has 2 fully saturated rings. The first kappa shape index (κ1) is 25.2. The average Bonchev–Trinajstić information content (AvgIpc) is 3.38. The van der Waals surface area contributed by atoms with Crippen LogP contribution >= 0.6 is 24.0 Å². The molecule has 2 aliphatic rings. The highest BCUT2D eigenvalue weighted by molar-refractivity contribution is 14.0. The van der Waals surface area contributed by atoms with Gasteiger partial charge in [0.15, 0.2) is 5.96 Å². The topological polar surface area (TPSA) is 75.1 Å². The molecule has 0 spiro atoms. The lowest BCUT2D eigenvalue weighted by molar-refractivity contribution is 0.0345. The summed E-state index contributed by atoms with van der Waals surface area (Å²) in [7, 11) is 0. The third-order valence-electron chi connectivity index (χ3n) is 5.44. The van der Waals surface area contributed by atoms with E-state index in [0.717, 1.165) is 37.3 Å². The Balaban J connectivity index is 0.00000320. The minimum absolute atomic E-state index is 0. The molecule has 2 aliphatic carbocycles. The number of hydrogen-bond acceptors (Lipinski definition) is 4. The lowest BCUT2D eigenvalue weighted by atomic mass is 10.1. The maximum Gasteiger partial charge on any atom is 0.191 e. The first-order valence-corrected chi connectivity index (χ1v) is 11.2. The molecule has 0 saturated heterocycles. The number of benzene rings is 1. The van der Waals surface area contributed by atoms with E-state index >= 15 is 0 Å². The zero-order chi connectivity index (χ0) is 20.5. The van der Waals surface area contributed by atoms with Gasteiger partial charge in [-0.05, 0) is 69.9 Å². The maximum absolute atomic E-state index is 10.1. The predicted octanol–water partition coefficient (Wildman–Crippen LogP) is 3.78. The van der Waals surface area contributed by atoms with E-state index in [9.17, 15) is 5.11 Å². The third kappa shape index (κ3) is 8.98. The molecule has 0 amide bonds. The molecule has 1 atom stereocenters. The summed E-state index contributed by atoms with van der Waals surface area (Å²) in [6, 6.07) is 6.32. The second kappa shape index (κ2) is 13.4. The molecule has 0 heterocycles. The van der Waals surface area contributed by atoms with Gasteiger partial charge in [0.1, 0.15) is 5.75 Å². The predicted molar refractivity (Wildman–Crippen MR) is 132 cm³/mol. The Morgan fingerprint density at radius 1 is 1.20 bits per heavy atom. The summed E-state index contributed by atoms with van der Waals surface area (Å²) < 4.78 is 11.8. The van der Waals surface area contributed by atoms with E-state index in [1.165, 1.54) is 31.2 Å². The van der Waals surface area contributed by atoms with Crippen LogP contribution in [0.4, 0.5) is 0 Å².